The summed E-state index contributed by atoms with van der Waals surface area (Å²) in [6.45, 7) is 1.63. The Bertz CT molecular complexity index is 956. The molecule has 156 valence electrons. The van der Waals surface area contributed by atoms with Crippen LogP contribution in [-0.4, -0.2) is 44.5 Å². The van der Waals surface area contributed by atoms with Gasteiger partial charge < -0.3 is 5.32 Å². The third kappa shape index (κ3) is 5.54. The highest BCUT2D eigenvalue weighted by Gasteiger charge is 2.25. The monoisotopic (exact) mass is 452 g/mol. The standard InChI is InChI=1S/C21H25ClN2O3S2/c1-28-17-7-10-20(22)19(15-17)21(25)23-12-11-16-5-8-18(9-6-16)29(26,27)24-13-3-2-4-14-24/h5-10,15H,2-4,11-14H2,1H3,(H,23,25). The molecule has 1 heterocycles. The third-order valence-corrected chi connectivity index (χ3v) is 7.96. The number of sulfonamides is 1. The van der Waals surface area contributed by atoms with Crippen LogP contribution in [0.25, 0.3) is 0 Å². The van der Waals surface area contributed by atoms with Gasteiger partial charge in [-0.3, -0.25) is 4.79 Å². The normalized spacial score (nSPS) is 15.2. The van der Waals surface area contributed by atoms with Crippen LogP contribution in [0, 0.1) is 0 Å². The fourth-order valence-electron chi connectivity index (χ4n) is 3.30. The number of rotatable bonds is 7. The van der Waals surface area contributed by atoms with Gasteiger partial charge in [0.15, 0.2) is 0 Å². The van der Waals surface area contributed by atoms with E-state index in [9.17, 15) is 13.2 Å². The molecule has 0 atom stereocenters. The van der Waals surface area contributed by atoms with Gasteiger partial charge in [-0.1, -0.05) is 30.2 Å². The molecule has 0 bridgehead atoms. The lowest BCUT2D eigenvalue weighted by Gasteiger charge is -2.25. The van der Waals surface area contributed by atoms with Crippen LogP contribution >= 0.6 is 23.4 Å². The molecule has 2 aromatic rings. The summed E-state index contributed by atoms with van der Waals surface area (Å²) in [7, 11) is -3.41. The van der Waals surface area contributed by atoms with E-state index in [1.165, 1.54) is 0 Å². The SMILES string of the molecule is CSc1ccc(Cl)c(C(=O)NCCc2ccc(S(=O)(=O)N3CCCCC3)cc2)c1. The van der Waals surface area contributed by atoms with E-state index in [0.29, 0.717) is 41.5 Å². The molecule has 5 nitrogen and oxygen atoms in total. The van der Waals surface area contributed by atoms with E-state index in [0.717, 1.165) is 29.7 Å². The minimum Gasteiger partial charge on any atom is -0.352 e. The number of nitrogens with one attached hydrogen (secondary N) is 1. The van der Waals surface area contributed by atoms with Crippen LogP contribution in [0.15, 0.2) is 52.3 Å². The van der Waals surface area contributed by atoms with Crippen LogP contribution in [0.4, 0.5) is 0 Å². The lowest BCUT2D eigenvalue weighted by Crippen LogP contribution is -2.35. The Labute approximate surface area is 181 Å². The topological polar surface area (TPSA) is 66.5 Å². The van der Waals surface area contributed by atoms with Gasteiger partial charge in [-0.25, -0.2) is 8.42 Å². The van der Waals surface area contributed by atoms with Gasteiger partial charge in [0.2, 0.25) is 10.0 Å². The zero-order valence-electron chi connectivity index (χ0n) is 16.4. The zero-order valence-corrected chi connectivity index (χ0v) is 18.7. The maximum Gasteiger partial charge on any atom is 0.252 e. The van der Waals surface area contributed by atoms with E-state index in [1.54, 1.807) is 40.3 Å². The van der Waals surface area contributed by atoms with Gasteiger partial charge in [-0.15, -0.1) is 11.8 Å². The molecular weight excluding hydrogens is 428 g/mol. The summed E-state index contributed by atoms with van der Waals surface area (Å²) >= 11 is 7.69. The molecular formula is C21H25ClN2O3S2. The van der Waals surface area contributed by atoms with Crippen LogP contribution in [0.2, 0.25) is 5.02 Å². The number of benzene rings is 2. The number of thioether (sulfide) groups is 1. The Morgan fingerprint density at radius 1 is 1.10 bits per heavy atom. The molecule has 0 aliphatic carbocycles. The predicted molar refractivity (Wildman–Crippen MR) is 118 cm³/mol. The van der Waals surface area contributed by atoms with E-state index in [4.69, 9.17) is 11.6 Å². The van der Waals surface area contributed by atoms with Crippen molar-refractivity contribution in [3.05, 3.63) is 58.6 Å². The second-order valence-corrected chi connectivity index (χ2v) is 10.2. The number of piperidine rings is 1. The second kappa shape index (κ2) is 9.98. The maximum absolute atomic E-state index is 12.7. The smallest absolute Gasteiger partial charge is 0.252 e. The largest absolute Gasteiger partial charge is 0.352 e. The van der Waals surface area contributed by atoms with E-state index in [2.05, 4.69) is 5.32 Å². The van der Waals surface area contributed by atoms with E-state index in [-0.39, 0.29) is 5.91 Å². The summed E-state index contributed by atoms with van der Waals surface area (Å²) in [5.41, 5.74) is 1.42. The van der Waals surface area contributed by atoms with Crippen molar-refractivity contribution in [1.29, 1.82) is 0 Å². The Morgan fingerprint density at radius 3 is 2.45 bits per heavy atom. The second-order valence-electron chi connectivity index (χ2n) is 6.96. The Kier molecular flexibility index (Phi) is 7.62. The summed E-state index contributed by atoms with van der Waals surface area (Å²) in [5, 5.41) is 3.30. The summed E-state index contributed by atoms with van der Waals surface area (Å²) in [4.78, 5) is 13.7. The fourth-order valence-corrected chi connectivity index (χ4v) is 5.46. The van der Waals surface area contributed by atoms with Gasteiger partial charge in [0.25, 0.3) is 5.91 Å². The number of hydrogen-bond donors (Lipinski definition) is 1. The van der Waals surface area contributed by atoms with Crippen LogP contribution in [0.1, 0.15) is 35.2 Å². The molecule has 1 aliphatic rings. The van der Waals surface area contributed by atoms with Crippen LogP contribution in [0.5, 0.6) is 0 Å². The molecule has 0 unspecified atom stereocenters. The van der Waals surface area contributed by atoms with Gasteiger partial charge in [-0.2, -0.15) is 4.31 Å². The molecule has 1 aliphatic heterocycles. The van der Waals surface area contributed by atoms with Gasteiger partial charge in [0.1, 0.15) is 0 Å². The first-order valence-electron chi connectivity index (χ1n) is 9.62. The number of halogens is 1. The molecule has 0 aromatic heterocycles. The highest BCUT2D eigenvalue weighted by molar-refractivity contribution is 7.98. The molecule has 0 saturated carbocycles. The molecule has 8 heteroatoms. The van der Waals surface area contributed by atoms with Gasteiger partial charge in [0.05, 0.1) is 15.5 Å². The predicted octanol–water partition coefficient (Wildman–Crippen LogP) is 4.21. The van der Waals surface area contributed by atoms with Gasteiger partial charge >= 0.3 is 0 Å². The highest BCUT2D eigenvalue weighted by atomic mass is 35.5. The van der Waals surface area contributed by atoms with Crippen molar-refractivity contribution in [3.8, 4) is 0 Å². The molecule has 1 fully saturated rings. The minimum atomic E-state index is -3.41. The summed E-state index contributed by atoms with van der Waals surface area (Å²) in [6.07, 6.45) is 5.47. The molecule has 1 saturated heterocycles. The first kappa shape index (κ1) is 22.2. The molecule has 29 heavy (non-hydrogen) atoms. The number of nitrogens with zero attached hydrogens (tertiary/aromatic N) is 1. The van der Waals surface area contributed by atoms with Crippen molar-refractivity contribution >= 4 is 39.3 Å². The van der Waals surface area contributed by atoms with E-state index < -0.39 is 10.0 Å². The molecule has 0 radical (unpaired) electrons. The molecule has 1 amide bonds. The Morgan fingerprint density at radius 2 is 1.79 bits per heavy atom. The van der Waals surface area contributed by atoms with Crippen LogP contribution in [0.3, 0.4) is 0 Å². The molecule has 3 rings (SSSR count). The average molecular weight is 453 g/mol. The number of carbonyl (C=O) groups excluding carboxylic acids is 1. The lowest BCUT2D eigenvalue weighted by atomic mass is 10.1. The molecule has 2 aromatic carbocycles. The van der Waals surface area contributed by atoms with Gasteiger partial charge in [-0.05, 0) is 61.4 Å². The average Bonchev–Trinajstić information content (AvgIpc) is 2.75. The third-order valence-electron chi connectivity index (χ3n) is 4.99. The maximum atomic E-state index is 12.7. The lowest BCUT2D eigenvalue weighted by molar-refractivity contribution is 0.0954. The Hall–Kier alpha value is -1.54. The molecule has 0 spiro atoms. The first-order valence-corrected chi connectivity index (χ1v) is 12.7. The van der Waals surface area contributed by atoms with Crippen molar-refractivity contribution in [2.45, 2.75) is 35.5 Å². The minimum absolute atomic E-state index is 0.213. The summed E-state index contributed by atoms with van der Waals surface area (Å²) < 4.78 is 27.0. The van der Waals surface area contributed by atoms with Crippen molar-refractivity contribution < 1.29 is 13.2 Å². The molecule has 1 N–H and O–H groups in total. The summed E-state index contributed by atoms with van der Waals surface area (Å²) in [5.74, 6) is -0.213. The fraction of sp³-hybridized carbons (Fsp3) is 0.381. The van der Waals surface area contributed by atoms with Crippen molar-refractivity contribution in [1.82, 2.24) is 9.62 Å². The van der Waals surface area contributed by atoms with E-state index in [1.807, 2.05) is 24.5 Å². The van der Waals surface area contributed by atoms with Crippen molar-refractivity contribution in [3.63, 3.8) is 0 Å². The zero-order chi connectivity index (χ0) is 20.9. The van der Waals surface area contributed by atoms with Crippen LogP contribution in [-0.2, 0) is 16.4 Å². The number of carbonyl (C=O) groups is 1. The van der Waals surface area contributed by atoms with E-state index >= 15 is 0 Å². The quantitative estimate of drug-likeness (QED) is 0.639. The highest BCUT2D eigenvalue weighted by Crippen LogP contribution is 2.23. The van der Waals surface area contributed by atoms with Crippen molar-refractivity contribution in [2.24, 2.45) is 0 Å². The first-order chi connectivity index (χ1) is 13.9. The number of amides is 1. The van der Waals surface area contributed by atoms with Crippen LogP contribution < -0.4 is 5.32 Å². The van der Waals surface area contributed by atoms with Gasteiger partial charge in [0, 0.05) is 24.5 Å². The van der Waals surface area contributed by atoms with Crippen molar-refractivity contribution in [2.75, 3.05) is 25.9 Å². The summed E-state index contributed by atoms with van der Waals surface area (Å²) in [6, 6.07) is 12.3. The Balaban J connectivity index is 1.57. The number of hydrogen-bond acceptors (Lipinski definition) is 4.